The molecule has 3 N–H and O–H groups in total. The summed E-state index contributed by atoms with van der Waals surface area (Å²) in [5, 5.41) is 23.5. The van der Waals surface area contributed by atoms with Gasteiger partial charge in [-0.15, -0.1) is 0 Å². The molecule has 49 heavy (non-hydrogen) atoms. The number of aliphatic hydroxyl groups excluding tert-OH is 2. The molecule has 3 unspecified atom stereocenters. The van der Waals surface area contributed by atoms with Gasteiger partial charge in [0.25, 0.3) is 0 Å². The number of aliphatic hydroxyl groups is 2. The van der Waals surface area contributed by atoms with Gasteiger partial charge in [-0.2, -0.15) is 0 Å². The first-order valence-electron chi connectivity index (χ1n) is 21.4. The van der Waals surface area contributed by atoms with Crippen molar-refractivity contribution in [2.45, 2.75) is 244 Å². The largest absolute Gasteiger partial charge is 0.462 e. The van der Waals surface area contributed by atoms with Crippen molar-refractivity contribution in [1.82, 2.24) is 5.32 Å². The van der Waals surface area contributed by atoms with Crippen LogP contribution in [0.2, 0.25) is 0 Å². The van der Waals surface area contributed by atoms with E-state index in [2.05, 4.69) is 38.2 Å². The summed E-state index contributed by atoms with van der Waals surface area (Å²) in [7, 11) is 0. The predicted molar refractivity (Wildman–Crippen MR) is 209 cm³/mol. The molecular formula is C43H83NO5. The lowest BCUT2D eigenvalue weighted by Gasteiger charge is -2.24. The Morgan fingerprint density at radius 3 is 1.49 bits per heavy atom. The Labute approximate surface area is 304 Å². The van der Waals surface area contributed by atoms with Crippen molar-refractivity contribution in [2.75, 3.05) is 6.61 Å². The molecule has 0 aliphatic rings. The number of rotatable bonds is 38. The number of carbonyl (C=O) groups excluding carboxylic acids is 2. The van der Waals surface area contributed by atoms with E-state index in [1.54, 1.807) is 0 Å². The number of esters is 1. The fraction of sp³-hybridized carbons (Fsp3) is 0.907. The number of hydrogen-bond donors (Lipinski definition) is 3. The Morgan fingerprint density at radius 1 is 0.571 bits per heavy atom. The molecule has 0 saturated heterocycles. The fourth-order valence-corrected chi connectivity index (χ4v) is 6.54. The number of allylic oxidation sites excluding steroid dienone is 2. The zero-order valence-electron chi connectivity index (χ0n) is 32.8. The second-order valence-electron chi connectivity index (χ2n) is 14.7. The van der Waals surface area contributed by atoms with Gasteiger partial charge in [-0.1, -0.05) is 174 Å². The van der Waals surface area contributed by atoms with Gasteiger partial charge in [-0.05, 0) is 51.4 Å². The molecule has 0 aromatic heterocycles. The van der Waals surface area contributed by atoms with E-state index >= 15 is 0 Å². The van der Waals surface area contributed by atoms with E-state index in [0.29, 0.717) is 19.3 Å². The molecule has 0 aliphatic heterocycles. The van der Waals surface area contributed by atoms with Gasteiger partial charge in [0, 0.05) is 6.42 Å². The molecule has 0 bridgehead atoms. The van der Waals surface area contributed by atoms with Crippen LogP contribution in [0, 0.1) is 0 Å². The van der Waals surface area contributed by atoms with Crippen LogP contribution in [0.4, 0.5) is 0 Å². The van der Waals surface area contributed by atoms with Crippen LogP contribution in [0.25, 0.3) is 0 Å². The van der Waals surface area contributed by atoms with Gasteiger partial charge in [-0.25, -0.2) is 0 Å². The highest BCUT2D eigenvalue weighted by atomic mass is 16.5. The Morgan fingerprint density at radius 2 is 0.980 bits per heavy atom. The molecule has 0 aromatic rings. The smallest absolute Gasteiger partial charge is 0.306 e. The molecule has 1 amide bonds. The van der Waals surface area contributed by atoms with E-state index < -0.39 is 18.2 Å². The van der Waals surface area contributed by atoms with E-state index in [1.807, 2.05) is 0 Å². The lowest BCUT2D eigenvalue weighted by atomic mass is 10.0. The highest BCUT2D eigenvalue weighted by molar-refractivity contribution is 5.77. The first-order valence-corrected chi connectivity index (χ1v) is 21.4. The summed E-state index contributed by atoms with van der Waals surface area (Å²) in [6.45, 7) is 6.41. The van der Waals surface area contributed by atoms with Crippen molar-refractivity contribution in [3.63, 3.8) is 0 Å². The summed E-state index contributed by atoms with van der Waals surface area (Å²) in [6, 6.07) is -0.696. The molecule has 0 rings (SSSR count). The molecule has 0 saturated carbocycles. The fourth-order valence-electron chi connectivity index (χ4n) is 6.54. The third-order valence-electron chi connectivity index (χ3n) is 9.84. The molecule has 0 heterocycles. The van der Waals surface area contributed by atoms with Crippen LogP contribution < -0.4 is 5.32 Å². The molecule has 0 radical (unpaired) electrons. The zero-order chi connectivity index (χ0) is 36.0. The molecule has 0 aliphatic carbocycles. The van der Waals surface area contributed by atoms with Crippen molar-refractivity contribution < 1.29 is 24.5 Å². The minimum Gasteiger partial charge on any atom is -0.462 e. The molecule has 3 atom stereocenters. The van der Waals surface area contributed by atoms with Crippen LogP contribution in [0.15, 0.2) is 12.2 Å². The van der Waals surface area contributed by atoms with E-state index in [-0.39, 0.29) is 24.9 Å². The SMILES string of the molecule is CCCCC/C=C\CCCCCC(CC(=O)NC(CO)C(O)CCCCCCCCCCCCC)OC(=O)CCCCCCCCCCC. The molecule has 0 spiro atoms. The molecule has 0 aromatic carbocycles. The molecule has 6 heteroatoms. The summed E-state index contributed by atoms with van der Waals surface area (Å²) >= 11 is 0. The zero-order valence-corrected chi connectivity index (χ0v) is 32.8. The number of unbranched alkanes of at least 4 members (excludes halogenated alkanes) is 24. The van der Waals surface area contributed by atoms with Crippen LogP contribution in [0.5, 0.6) is 0 Å². The average Bonchev–Trinajstić information content (AvgIpc) is 3.09. The third-order valence-corrected chi connectivity index (χ3v) is 9.84. The highest BCUT2D eigenvalue weighted by Crippen LogP contribution is 2.17. The van der Waals surface area contributed by atoms with Crippen LogP contribution in [0.3, 0.4) is 0 Å². The van der Waals surface area contributed by atoms with Gasteiger partial charge in [0.2, 0.25) is 5.91 Å². The van der Waals surface area contributed by atoms with Gasteiger partial charge in [0.05, 0.1) is 25.2 Å². The van der Waals surface area contributed by atoms with E-state index in [0.717, 1.165) is 64.2 Å². The lowest BCUT2D eigenvalue weighted by molar-refractivity contribution is -0.151. The summed E-state index contributed by atoms with van der Waals surface area (Å²) in [4.78, 5) is 25.8. The average molecular weight is 694 g/mol. The molecule has 0 fully saturated rings. The van der Waals surface area contributed by atoms with Crippen LogP contribution in [0.1, 0.15) is 226 Å². The second kappa shape index (κ2) is 37.8. The Balaban J connectivity index is 4.57. The van der Waals surface area contributed by atoms with Gasteiger partial charge in [-0.3, -0.25) is 9.59 Å². The lowest BCUT2D eigenvalue weighted by Crippen LogP contribution is -2.46. The normalized spacial score (nSPS) is 13.5. The molecule has 290 valence electrons. The highest BCUT2D eigenvalue weighted by Gasteiger charge is 2.24. The van der Waals surface area contributed by atoms with Gasteiger partial charge in [0.1, 0.15) is 6.10 Å². The maximum atomic E-state index is 13.0. The number of amides is 1. The summed E-state index contributed by atoms with van der Waals surface area (Å²) < 4.78 is 5.86. The van der Waals surface area contributed by atoms with Crippen molar-refractivity contribution in [1.29, 1.82) is 0 Å². The number of carbonyl (C=O) groups is 2. The Hall–Kier alpha value is -1.40. The maximum absolute atomic E-state index is 13.0. The van der Waals surface area contributed by atoms with Crippen molar-refractivity contribution in [3.8, 4) is 0 Å². The second-order valence-corrected chi connectivity index (χ2v) is 14.7. The van der Waals surface area contributed by atoms with E-state index in [4.69, 9.17) is 4.74 Å². The van der Waals surface area contributed by atoms with Crippen molar-refractivity contribution in [2.24, 2.45) is 0 Å². The quantitative estimate of drug-likeness (QED) is 0.0340. The summed E-state index contributed by atoms with van der Waals surface area (Å²) in [5.41, 5.74) is 0. The minimum atomic E-state index is -0.782. The number of nitrogens with one attached hydrogen (secondary N) is 1. The summed E-state index contributed by atoms with van der Waals surface area (Å²) in [5.74, 6) is -0.487. The first-order chi connectivity index (χ1) is 24.0. The minimum absolute atomic E-state index is 0.0719. The van der Waals surface area contributed by atoms with E-state index in [1.165, 1.54) is 116 Å². The summed E-state index contributed by atoms with van der Waals surface area (Å²) in [6.07, 6.45) is 38.4. The van der Waals surface area contributed by atoms with Crippen LogP contribution >= 0.6 is 0 Å². The van der Waals surface area contributed by atoms with Gasteiger partial charge in [0.15, 0.2) is 0 Å². The van der Waals surface area contributed by atoms with Gasteiger partial charge >= 0.3 is 5.97 Å². The monoisotopic (exact) mass is 694 g/mol. The Bertz CT molecular complexity index is 742. The van der Waals surface area contributed by atoms with Crippen molar-refractivity contribution in [3.05, 3.63) is 12.2 Å². The number of hydrogen-bond acceptors (Lipinski definition) is 5. The van der Waals surface area contributed by atoms with Gasteiger partial charge < -0.3 is 20.3 Å². The molecular weight excluding hydrogens is 610 g/mol. The number of ether oxygens (including phenoxy) is 1. The molecule has 6 nitrogen and oxygen atoms in total. The Kier molecular flexibility index (Phi) is 36.8. The van der Waals surface area contributed by atoms with Crippen LogP contribution in [-0.2, 0) is 14.3 Å². The third kappa shape index (κ3) is 33.5. The standard InChI is InChI=1S/C43H83NO5/c1-4-7-10-13-16-19-21-24-26-29-32-35-41(46)40(38-45)44-42(47)37-39(34-31-28-25-23-20-17-14-11-8-5-2)49-43(48)36-33-30-27-22-18-15-12-9-6-3/h17,20,39-41,45-46H,4-16,18-19,21-38H2,1-3H3,(H,44,47)/b20-17-. The topological polar surface area (TPSA) is 95.9 Å². The maximum Gasteiger partial charge on any atom is 0.306 e. The van der Waals surface area contributed by atoms with E-state index in [9.17, 15) is 19.8 Å². The van der Waals surface area contributed by atoms with Crippen molar-refractivity contribution >= 4 is 11.9 Å². The van der Waals surface area contributed by atoms with Crippen LogP contribution in [-0.4, -0.2) is 46.9 Å². The predicted octanol–water partition coefficient (Wildman–Crippen LogP) is 11.8. The first kappa shape index (κ1) is 47.6.